The molecule has 0 unspecified atom stereocenters. The van der Waals surface area contributed by atoms with E-state index in [0.29, 0.717) is 6.61 Å². The lowest BCUT2D eigenvalue weighted by Crippen LogP contribution is -2.18. The molecule has 164 valence electrons. The first-order chi connectivity index (χ1) is 15.6. The number of aryl methyl sites for hydroxylation is 3. The Bertz CT molecular complexity index is 1380. The molecule has 3 aromatic heterocycles. The Morgan fingerprint density at radius 1 is 1.19 bits per heavy atom. The number of fused-ring (bicyclic) bond motifs is 3. The van der Waals surface area contributed by atoms with Gasteiger partial charge < -0.3 is 9.30 Å². The molecule has 1 aromatic carbocycles. The van der Waals surface area contributed by atoms with Crippen LogP contribution in [0.3, 0.4) is 0 Å². The minimum Gasteiger partial charge on any atom is -0.494 e. The highest BCUT2D eigenvalue weighted by Crippen LogP contribution is 2.33. The van der Waals surface area contributed by atoms with Crippen LogP contribution < -0.4 is 10.3 Å². The van der Waals surface area contributed by atoms with Crippen molar-refractivity contribution in [1.29, 1.82) is 0 Å². The molecule has 1 aliphatic carbocycles. The second-order valence-corrected chi connectivity index (χ2v) is 9.20. The first-order valence-corrected chi connectivity index (χ1v) is 11.9. The molecule has 0 amide bonds. The fourth-order valence-corrected chi connectivity index (χ4v) is 5.74. The number of benzene rings is 1. The van der Waals surface area contributed by atoms with Gasteiger partial charge in [0.25, 0.3) is 5.56 Å². The predicted molar refractivity (Wildman–Crippen MR) is 130 cm³/mol. The topological polar surface area (TPSA) is 61.4 Å². The molecule has 4 aromatic rings. The van der Waals surface area contributed by atoms with Crippen LogP contribution in [0.25, 0.3) is 15.9 Å². The predicted octanol–water partition coefficient (Wildman–Crippen LogP) is 5.03. The van der Waals surface area contributed by atoms with Crippen molar-refractivity contribution in [1.82, 2.24) is 14.2 Å². The van der Waals surface area contributed by atoms with Gasteiger partial charge in [-0.3, -0.25) is 4.79 Å². The van der Waals surface area contributed by atoms with Gasteiger partial charge in [-0.2, -0.15) is 9.78 Å². The highest BCUT2D eigenvalue weighted by molar-refractivity contribution is 7.18. The van der Waals surface area contributed by atoms with E-state index in [4.69, 9.17) is 4.74 Å². The van der Waals surface area contributed by atoms with E-state index in [9.17, 15) is 4.79 Å². The lowest BCUT2D eigenvalue weighted by Gasteiger charge is -2.11. The van der Waals surface area contributed by atoms with Gasteiger partial charge >= 0.3 is 0 Å². The Kier molecular flexibility index (Phi) is 5.43. The van der Waals surface area contributed by atoms with E-state index in [1.165, 1.54) is 27.9 Å². The number of rotatable bonds is 5. The largest absolute Gasteiger partial charge is 0.494 e. The maximum Gasteiger partial charge on any atom is 0.282 e. The van der Waals surface area contributed by atoms with E-state index >= 15 is 0 Å². The van der Waals surface area contributed by atoms with Crippen LogP contribution in [-0.2, 0) is 12.8 Å². The molecule has 7 heteroatoms. The number of thiophene rings is 1. The summed E-state index contributed by atoms with van der Waals surface area (Å²) in [5, 5.41) is 5.24. The fourth-order valence-electron chi connectivity index (χ4n) is 4.52. The van der Waals surface area contributed by atoms with Crippen LogP contribution in [0.4, 0.5) is 0 Å². The van der Waals surface area contributed by atoms with Crippen LogP contribution in [0.1, 0.15) is 47.2 Å². The van der Waals surface area contributed by atoms with Crippen LogP contribution in [0, 0.1) is 13.8 Å². The van der Waals surface area contributed by atoms with Gasteiger partial charge in [-0.1, -0.05) is 0 Å². The van der Waals surface area contributed by atoms with Gasteiger partial charge in [0, 0.05) is 27.5 Å². The summed E-state index contributed by atoms with van der Waals surface area (Å²) in [5.41, 5.74) is 5.30. The SMILES string of the molecule is CCOc1ccc(-n2c(C)cc(C=Nn3cnc4sc5c(c4c3=O)CCCC5)c2C)cc1. The van der Waals surface area contributed by atoms with Crippen LogP contribution in [0.5, 0.6) is 5.75 Å². The van der Waals surface area contributed by atoms with E-state index in [0.717, 1.165) is 57.9 Å². The van der Waals surface area contributed by atoms with Crippen LogP contribution in [0.15, 0.2) is 46.6 Å². The number of ether oxygens (including phenoxy) is 1. The van der Waals surface area contributed by atoms with Crippen molar-refractivity contribution in [3.63, 3.8) is 0 Å². The van der Waals surface area contributed by atoms with Crippen molar-refractivity contribution in [2.24, 2.45) is 5.10 Å². The molecule has 0 fully saturated rings. The zero-order valence-corrected chi connectivity index (χ0v) is 19.4. The minimum atomic E-state index is -0.0778. The summed E-state index contributed by atoms with van der Waals surface area (Å²) < 4.78 is 9.10. The lowest BCUT2D eigenvalue weighted by molar-refractivity contribution is 0.340. The smallest absolute Gasteiger partial charge is 0.282 e. The normalized spacial score (nSPS) is 13.7. The van der Waals surface area contributed by atoms with Crippen LogP contribution >= 0.6 is 11.3 Å². The summed E-state index contributed by atoms with van der Waals surface area (Å²) in [6, 6.07) is 10.1. The molecule has 3 heterocycles. The van der Waals surface area contributed by atoms with Crippen molar-refractivity contribution in [3.8, 4) is 11.4 Å². The third kappa shape index (κ3) is 3.56. The van der Waals surface area contributed by atoms with E-state index in [2.05, 4.69) is 34.6 Å². The Hall–Kier alpha value is -3.19. The third-order valence-corrected chi connectivity index (χ3v) is 7.26. The molecule has 1 aliphatic rings. The highest BCUT2D eigenvalue weighted by Gasteiger charge is 2.20. The Balaban J connectivity index is 1.49. The summed E-state index contributed by atoms with van der Waals surface area (Å²) in [6.45, 7) is 6.75. The lowest BCUT2D eigenvalue weighted by atomic mass is 9.97. The molecular formula is C25H26N4O2S. The van der Waals surface area contributed by atoms with Crippen molar-refractivity contribution in [3.05, 3.63) is 74.4 Å². The molecule has 5 rings (SSSR count). The summed E-state index contributed by atoms with van der Waals surface area (Å²) in [7, 11) is 0. The van der Waals surface area contributed by atoms with Gasteiger partial charge in [-0.15, -0.1) is 11.3 Å². The van der Waals surface area contributed by atoms with E-state index < -0.39 is 0 Å². The highest BCUT2D eigenvalue weighted by atomic mass is 32.1. The summed E-state index contributed by atoms with van der Waals surface area (Å²) in [5.74, 6) is 0.860. The zero-order chi connectivity index (χ0) is 22.2. The Morgan fingerprint density at radius 2 is 1.97 bits per heavy atom. The fraction of sp³-hybridized carbons (Fsp3) is 0.320. The van der Waals surface area contributed by atoms with Crippen molar-refractivity contribution in [2.75, 3.05) is 6.61 Å². The average Bonchev–Trinajstić information content (AvgIpc) is 3.31. The standard InChI is InChI=1S/C25H26N4O2S/c1-4-31-20-11-9-19(10-12-20)29-16(2)13-18(17(29)3)14-27-28-15-26-24-23(25(28)30)21-7-5-6-8-22(21)32-24/h9-15H,4-8H2,1-3H3. The van der Waals surface area contributed by atoms with Gasteiger partial charge in [0.2, 0.25) is 0 Å². The third-order valence-electron chi connectivity index (χ3n) is 6.06. The molecule has 0 radical (unpaired) electrons. The molecule has 32 heavy (non-hydrogen) atoms. The summed E-state index contributed by atoms with van der Waals surface area (Å²) in [4.78, 5) is 19.8. The average molecular weight is 447 g/mol. The van der Waals surface area contributed by atoms with E-state index in [1.54, 1.807) is 17.6 Å². The van der Waals surface area contributed by atoms with E-state index in [-0.39, 0.29) is 5.56 Å². The quantitative estimate of drug-likeness (QED) is 0.404. The van der Waals surface area contributed by atoms with Gasteiger partial charge in [0.1, 0.15) is 16.9 Å². The van der Waals surface area contributed by atoms with Gasteiger partial charge in [-0.05, 0) is 82.3 Å². The second kappa shape index (κ2) is 8.39. The van der Waals surface area contributed by atoms with Crippen LogP contribution in [-0.4, -0.2) is 27.0 Å². The van der Waals surface area contributed by atoms with Crippen LogP contribution in [0.2, 0.25) is 0 Å². The number of nitrogens with zero attached hydrogens (tertiary/aromatic N) is 4. The molecule has 0 N–H and O–H groups in total. The molecule has 0 aliphatic heterocycles. The molecule has 0 saturated heterocycles. The molecule has 0 spiro atoms. The summed E-state index contributed by atoms with van der Waals surface area (Å²) >= 11 is 1.66. The zero-order valence-electron chi connectivity index (χ0n) is 18.6. The van der Waals surface area contributed by atoms with Crippen molar-refractivity contribution in [2.45, 2.75) is 46.5 Å². The van der Waals surface area contributed by atoms with E-state index in [1.807, 2.05) is 31.2 Å². The number of aromatic nitrogens is 3. The Labute approximate surface area is 190 Å². The van der Waals surface area contributed by atoms with Crippen molar-refractivity contribution < 1.29 is 4.74 Å². The first-order valence-electron chi connectivity index (χ1n) is 11.0. The molecular weight excluding hydrogens is 420 g/mol. The van der Waals surface area contributed by atoms with Gasteiger partial charge in [0.05, 0.1) is 18.2 Å². The maximum atomic E-state index is 13.1. The first kappa shape index (κ1) is 20.7. The van der Waals surface area contributed by atoms with Gasteiger partial charge in [0.15, 0.2) is 0 Å². The second-order valence-electron chi connectivity index (χ2n) is 8.12. The van der Waals surface area contributed by atoms with Crippen molar-refractivity contribution >= 4 is 27.8 Å². The molecule has 0 bridgehead atoms. The number of hydrogen-bond donors (Lipinski definition) is 0. The maximum absolute atomic E-state index is 13.1. The summed E-state index contributed by atoms with van der Waals surface area (Å²) in [6.07, 6.45) is 7.62. The molecule has 0 atom stereocenters. The molecule has 6 nitrogen and oxygen atoms in total. The minimum absolute atomic E-state index is 0.0778. The number of hydrogen-bond acceptors (Lipinski definition) is 5. The molecule has 0 saturated carbocycles. The Morgan fingerprint density at radius 3 is 2.75 bits per heavy atom. The monoisotopic (exact) mass is 446 g/mol. The van der Waals surface area contributed by atoms with Gasteiger partial charge in [-0.25, -0.2) is 4.98 Å².